The Morgan fingerprint density at radius 2 is 2.20 bits per heavy atom. The molecule has 3 amide bonds. The molecule has 3 unspecified atom stereocenters. The molecule has 0 radical (unpaired) electrons. The summed E-state index contributed by atoms with van der Waals surface area (Å²) in [6, 6.07) is -0.484. The molecule has 6 heteroatoms. The van der Waals surface area contributed by atoms with E-state index in [1.54, 1.807) is 18.1 Å². The van der Waals surface area contributed by atoms with Gasteiger partial charge in [0.05, 0.1) is 5.92 Å². The van der Waals surface area contributed by atoms with Crippen LogP contribution in [0.5, 0.6) is 0 Å². The monoisotopic (exact) mass is 232 g/mol. The lowest BCUT2D eigenvalue weighted by atomic mass is 10.1. The van der Waals surface area contributed by atoms with Gasteiger partial charge in [0.2, 0.25) is 5.91 Å². The lowest BCUT2D eigenvalue weighted by Gasteiger charge is -2.34. The minimum Gasteiger partial charge on any atom is -0.320 e. The minimum atomic E-state index is -0.939. The van der Waals surface area contributed by atoms with Gasteiger partial charge in [0.1, 0.15) is 0 Å². The maximum absolute atomic E-state index is 11.5. The van der Waals surface area contributed by atoms with E-state index in [9.17, 15) is 13.8 Å². The van der Waals surface area contributed by atoms with Crippen LogP contribution >= 0.6 is 0 Å². The third-order valence-corrected chi connectivity index (χ3v) is 3.37. The number of nitrogens with one attached hydrogen (secondary N) is 1. The Kier molecular flexibility index (Phi) is 3.84. The molecule has 5 nitrogen and oxygen atoms in total. The molecule has 0 saturated carbocycles. The van der Waals surface area contributed by atoms with Gasteiger partial charge in [0, 0.05) is 35.4 Å². The van der Waals surface area contributed by atoms with Crippen LogP contribution in [-0.2, 0) is 15.6 Å². The average Bonchev–Trinajstić information content (AvgIpc) is 2.09. The second kappa shape index (κ2) is 4.74. The molecule has 0 spiro atoms. The van der Waals surface area contributed by atoms with Gasteiger partial charge in [-0.1, -0.05) is 6.92 Å². The fourth-order valence-corrected chi connectivity index (χ4v) is 2.43. The number of hydrogen-bond acceptors (Lipinski definition) is 3. The molecule has 3 atom stereocenters. The highest BCUT2D eigenvalue weighted by molar-refractivity contribution is 7.84. The van der Waals surface area contributed by atoms with E-state index in [4.69, 9.17) is 0 Å². The van der Waals surface area contributed by atoms with Gasteiger partial charge in [-0.05, 0) is 6.92 Å². The molecule has 0 aliphatic carbocycles. The van der Waals surface area contributed by atoms with Crippen LogP contribution in [0.15, 0.2) is 0 Å². The van der Waals surface area contributed by atoms with E-state index in [1.807, 2.05) is 6.92 Å². The zero-order valence-electron chi connectivity index (χ0n) is 9.15. The molecule has 15 heavy (non-hydrogen) atoms. The molecule has 86 valence electrons. The van der Waals surface area contributed by atoms with Crippen molar-refractivity contribution in [2.45, 2.75) is 19.9 Å². The standard InChI is InChI=1S/C9H16N2O3S/c1-6-4-11(7(2)5-15(3)14)9(13)10-8(6)12/h6-7H,4-5H2,1-3H3,(H,10,12,13). The second-order valence-electron chi connectivity index (χ2n) is 3.94. The summed E-state index contributed by atoms with van der Waals surface area (Å²) >= 11 is 0. The van der Waals surface area contributed by atoms with Crippen LogP contribution in [0.4, 0.5) is 4.79 Å². The van der Waals surface area contributed by atoms with Crippen LogP contribution < -0.4 is 5.32 Å². The first-order valence-corrected chi connectivity index (χ1v) is 6.56. The summed E-state index contributed by atoms with van der Waals surface area (Å²) < 4.78 is 11.0. The molecule has 1 rings (SSSR count). The average molecular weight is 232 g/mol. The van der Waals surface area contributed by atoms with Crippen LogP contribution in [0.25, 0.3) is 0 Å². The van der Waals surface area contributed by atoms with Gasteiger partial charge in [-0.3, -0.25) is 14.3 Å². The summed E-state index contributed by atoms with van der Waals surface area (Å²) in [5, 5.41) is 2.28. The Morgan fingerprint density at radius 1 is 1.60 bits per heavy atom. The van der Waals surface area contributed by atoms with Gasteiger partial charge in [0.25, 0.3) is 0 Å². The number of carbonyl (C=O) groups excluding carboxylic acids is 2. The van der Waals surface area contributed by atoms with E-state index in [2.05, 4.69) is 5.32 Å². The van der Waals surface area contributed by atoms with E-state index in [-0.39, 0.29) is 23.9 Å². The highest BCUT2D eigenvalue weighted by Crippen LogP contribution is 2.11. The number of nitrogens with zero attached hydrogens (tertiary/aromatic N) is 1. The van der Waals surface area contributed by atoms with Crippen molar-refractivity contribution in [2.75, 3.05) is 18.6 Å². The van der Waals surface area contributed by atoms with Crippen molar-refractivity contribution in [3.05, 3.63) is 0 Å². The molecule has 1 heterocycles. The van der Waals surface area contributed by atoms with Crippen LogP contribution in [0.3, 0.4) is 0 Å². The summed E-state index contributed by atoms with van der Waals surface area (Å²) in [5.41, 5.74) is 0. The van der Waals surface area contributed by atoms with Gasteiger partial charge in [-0.15, -0.1) is 0 Å². The molecular weight excluding hydrogens is 216 g/mol. The Hall–Kier alpha value is -0.910. The summed E-state index contributed by atoms with van der Waals surface area (Å²) in [7, 11) is -0.939. The van der Waals surface area contributed by atoms with Gasteiger partial charge in [0.15, 0.2) is 0 Å². The Balaban J connectivity index is 2.65. The third-order valence-electron chi connectivity index (χ3n) is 2.42. The quantitative estimate of drug-likeness (QED) is 0.741. The minimum absolute atomic E-state index is 0.105. The topological polar surface area (TPSA) is 66.5 Å². The maximum atomic E-state index is 11.5. The van der Waals surface area contributed by atoms with Gasteiger partial charge >= 0.3 is 6.03 Å². The van der Waals surface area contributed by atoms with Gasteiger partial charge in [-0.25, -0.2) is 4.79 Å². The molecule has 1 fully saturated rings. The Bertz CT molecular complexity index is 306. The lowest BCUT2D eigenvalue weighted by molar-refractivity contribution is -0.125. The zero-order chi connectivity index (χ0) is 11.6. The smallest absolute Gasteiger partial charge is 0.320 e. The number of amides is 3. The second-order valence-corrected chi connectivity index (χ2v) is 5.42. The molecular formula is C9H16N2O3S. The van der Waals surface area contributed by atoms with Crippen molar-refractivity contribution in [1.82, 2.24) is 10.2 Å². The molecule has 1 saturated heterocycles. The van der Waals surface area contributed by atoms with Crippen molar-refractivity contribution in [1.29, 1.82) is 0 Å². The van der Waals surface area contributed by atoms with E-state index in [0.717, 1.165) is 0 Å². The molecule has 0 aromatic heterocycles. The Morgan fingerprint density at radius 3 is 2.73 bits per heavy atom. The molecule has 1 aliphatic rings. The van der Waals surface area contributed by atoms with Crippen molar-refractivity contribution < 1.29 is 13.8 Å². The first-order chi connectivity index (χ1) is 6.91. The van der Waals surface area contributed by atoms with E-state index >= 15 is 0 Å². The number of imide groups is 1. The molecule has 0 bridgehead atoms. The SMILES string of the molecule is CC1CN(C(C)CS(C)=O)C(=O)NC1=O. The molecule has 0 aromatic rings. The highest BCUT2D eigenvalue weighted by atomic mass is 32.2. The molecule has 0 aromatic carbocycles. The van der Waals surface area contributed by atoms with Crippen molar-refractivity contribution in [3.8, 4) is 0 Å². The normalized spacial score (nSPS) is 26.1. The first-order valence-electron chi connectivity index (χ1n) is 4.83. The van der Waals surface area contributed by atoms with Crippen LogP contribution in [0, 0.1) is 5.92 Å². The third kappa shape index (κ3) is 3.02. The van der Waals surface area contributed by atoms with E-state index in [1.165, 1.54) is 0 Å². The summed E-state index contributed by atoms with van der Waals surface area (Å²) in [4.78, 5) is 24.2. The molecule has 1 aliphatic heterocycles. The fourth-order valence-electron chi connectivity index (χ4n) is 1.57. The predicted octanol–water partition coefficient (Wildman–Crippen LogP) is -0.0587. The van der Waals surface area contributed by atoms with Crippen molar-refractivity contribution >= 4 is 22.7 Å². The number of rotatable bonds is 3. The van der Waals surface area contributed by atoms with Crippen LogP contribution in [0.1, 0.15) is 13.8 Å². The zero-order valence-corrected chi connectivity index (χ0v) is 9.97. The maximum Gasteiger partial charge on any atom is 0.324 e. The largest absolute Gasteiger partial charge is 0.324 e. The Labute approximate surface area is 91.7 Å². The van der Waals surface area contributed by atoms with Crippen LogP contribution in [0.2, 0.25) is 0 Å². The number of carbonyl (C=O) groups is 2. The van der Waals surface area contributed by atoms with Crippen molar-refractivity contribution in [3.63, 3.8) is 0 Å². The van der Waals surface area contributed by atoms with Crippen molar-refractivity contribution in [2.24, 2.45) is 5.92 Å². The van der Waals surface area contributed by atoms with Gasteiger partial charge in [-0.2, -0.15) is 0 Å². The fraction of sp³-hybridized carbons (Fsp3) is 0.778. The predicted molar refractivity (Wildman–Crippen MR) is 57.8 cm³/mol. The summed E-state index contributed by atoms with van der Waals surface area (Å²) in [6.45, 7) is 4.01. The summed E-state index contributed by atoms with van der Waals surface area (Å²) in [5.74, 6) is 0.00504. The first kappa shape index (κ1) is 12.2. The van der Waals surface area contributed by atoms with Crippen LogP contribution in [-0.4, -0.2) is 45.6 Å². The van der Waals surface area contributed by atoms with E-state index < -0.39 is 10.8 Å². The number of hydrogen-bond donors (Lipinski definition) is 1. The summed E-state index contributed by atoms with van der Waals surface area (Å²) in [6.07, 6.45) is 1.60. The highest BCUT2D eigenvalue weighted by Gasteiger charge is 2.32. The lowest BCUT2D eigenvalue weighted by Crippen LogP contribution is -2.57. The number of urea groups is 1. The van der Waals surface area contributed by atoms with Gasteiger partial charge < -0.3 is 4.90 Å². The molecule has 1 N–H and O–H groups in total. The van der Waals surface area contributed by atoms with E-state index in [0.29, 0.717) is 12.3 Å².